The van der Waals surface area contributed by atoms with Crippen molar-refractivity contribution in [3.8, 4) is 0 Å². The lowest BCUT2D eigenvalue weighted by molar-refractivity contribution is -0.134. The van der Waals surface area contributed by atoms with E-state index in [1.807, 2.05) is 6.26 Å². The van der Waals surface area contributed by atoms with Crippen molar-refractivity contribution in [2.24, 2.45) is 5.92 Å². The smallest absolute Gasteiger partial charge is 0.222 e. The van der Waals surface area contributed by atoms with E-state index < -0.39 is 0 Å². The van der Waals surface area contributed by atoms with Gasteiger partial charge < -0.3 is 14.7 Å². The second kappa shape index (κ2) is 8.92. The number of hydrogen-bond acceptors (Lipinski definition) is 8. The van der Waals surface area contributed by atoms with Crippen molar-refractivity contribution in [1.82, 2.24) is 24.8 Å². The maximum Gasteiger partial charge on any atom is 0.222 e. The average Bonchev–Trinajstić information content (AvgIpc) is 3.18. The molecule has 9 heteroatoms. The fourth-order valence-electron chi connectivity index (χ4n) is 4.07. The fraction of sp³-hybridized carbons (Fsp3) is 0.684. The van der Waals surface area contributed by atoms with Crippen molar-refractivity contribution in [3.05, 3.63) is 6.33 Å². The molecule has 28 heavy (non-hydrogen) atoms. The minimum absolute atomic E-state index is 0.339. The molecule has 0 spiro atoms. The van der Waals surface area contributed by atoms with Crippen LogP contribution in [0, 0.1) is 5.92 Å². The Morgan fingerprint density at radius 2 is 1.93 bits per heavy atom. The molecule has 2 aromatic rings. The SMILES string of the molecule is CCN1CCN(C(=O)CC2CCN(c3ncnc4nc(SC)sc34)CC2)CC1. The minimum Gasteiger partial charge on any atom is -0.355 e. The van der Waals surface area contributed by atoms with Crippen LogP contribution >= 0.6 is 23.1 Å². The zero-order chi connectivity index (χ0) is 19.5. The Balaban J connectivity index is 1.33. The van der Waals surface area contributed by atoms with Crippen molar-refractivity contribution < 1.29 is 4.79 Å². The number of likely N-dealkylation sites (N-methyl/N-ethyl adjacent to an activating group) is 1. The first-order valence-corrected chi connectivity index (χ1v) is 12.1. The lowest BCUT2D eigenvalue weighted by Gasteiger charge is -2.36. The maximum atomic E-state index is 12.7. The molecule has 0 aromatic carbocycles. The largest absolute Gasteiger partial charge is 0.355 e. The molecule has 0 unspecified atom stereocenters. The lowest BCUT2D eigenvalue weighted by Crippen LogP contribution is -2.49. The molecular formula is C19H28N6OS2. The van der Waals surface area contributed by atoms with E-state index in [1.54, 1.807) is 29.4 Å². The number of hydrogen-bond donors (Lipinski definition) is 0. The molecule has 0 saturated carbocycles. The third-order valence-corrected chi connectivity index (χ3v) is 7.90. The van der Waals surface area contributed by atoms with Gasteiger partial charge in [-0.3, -0.25) is 4.79 Å². The summed E-state index contributed by atoms with van der Waals surface area (Å²) in [6.07, 6.45) is 6.43. The van der Waals surface area contributed by atoms with Gasteiger partial charge in [-0.05, 0) is 31.6 Å². The van der Waals surface area contributed by atoms with Crippen LogP contribution in [0.15, 0.2) is 10.7 Å². The van der Waals surface area contributed by atoms with Crippen LogP contribution < -0.4 is 4.90 Å². The highest BCUT2D eigenvalue weighted by Gasteiger charge is 2.27. The molecule has 7 nitrogen and oxygen atoms in total. The van der Waals surface area contributed by atoms with Gasteiger partial charge in [-0.15, -0.1) is 11.3 Å². The summed E-state index contributed by atoms with van der Waals surface area (Å²) in [6.45, 7) is 8.94. The van der Waals surface area contributed by atoms with Crippen LogP contribution in [-0.4, -0.2) is 82.7 Å². The van der Waals surface area contributed by atoms with Gasteiger partial charge in [0, 0.05) is 45.7 Å². The standard InChI is InChI=1S/C19H28N6OS2/c1-3-23-8-10-24(11-9-23)15(26)12-14-4-6-25(7-5-14)18-16-17(20-13-21-18)22-19(27-2)28-16/h13-14H,3-12H2,1-2H3. The summed E-state index contributed by atoms with van der Waals surface area (Å²) in [5.41, 5.74) is 0.794. The summed E-state index contributed by atoms with van der Waals surface area (Å²) in [6, 6.07) is 0. The zero-order valence-electron chi connectivity index (χ0n) is 16.6. The van der Waals surface area contributed by atoms with E-state index in [0.717, 1.165) is 79.2 Å². The van der Waals surface area contributed by atoms with Crippen molar-refractivity contribution in [3.63, 3.8) is 0 Å². The highest BCUT2D eigenvalue weighted by Crippen LogP contribution is 2.34. The summed E-state index contributed by atoms with van der Waals surface area (Å²) in [5, 5.41) is 0. The number of piperazine rings is 1. The van der Waals surface area contributed by atoms with Gasteiger partial charge in [-0.1, -0.05) is 18.7 Å². The predicted octanol–water partition coefficient (Wildman–Crippen LogP) is 2.58. The molecule has 2 fully saturated rings. The molecular weight excluding hydrogens is 392 g/mol. The Kier molecular flexibility index (Phi) is 6.32. The average molecular weight is 421 g/mol. The molecule has 0 bridgehead atoms. The Hall–Kier alpha value is -1.45. The summed E-state index contributed by atoms with van der Waals surface area (Å²) in [4.78, 5) is 32.9. The summed E-state index contributed by atoms with van der Waals surface area (Å²) >= 11 is 3.32. The van der Waals surface area contributed by atoms with E-state index in [2.05, 4.69) is 36.6 Å². The van der Waals surface area contributed by atoms with E-state index in [1.165, 1.54) is 0 Å². The van der Waals surface area contributed by atoms with Gasteiger partial charge in [-0.2, -0.15) is 0 Å². The number of anilines is 1. The molecule has 2 aliphatic heterocycles. The van der Waals surface area contributed by atoms with Crippen molar-refractivity contribution in [1.29, 1.82) is 0 Å². The summed E-state index contributed by atoms with van der Waals surface area (Å²) < 4.78 is 2.11. The Morgan fingerprint density at radius 3 is 2.61 bits per heavy atom. The molecule has 0 radical (unpaired) electrons. The number of carbonyl (C=O) groups is 1. The van der Waals surface area contributed by atoms with E-state index >= 15 is 0 Å². The van der Waals surface area contributed by atoms with Crippen molar-refractivity contribution >= 4 is 45.2 Å². The number of thioether (sulfide) groups is 1. The molecule has 0 N–H and O–H groups in total. The number of aromatic nitrogens is 3. The van der Waals surface area contributed by atoms with Gasteiger partial charge in [0.1, 0.15) is 11.0 Å². The van der Waals surface area contributed by atoms with Crippen LogP contribution in [0.4, 0.5) is 5.82 Å². The van der Waals surface area contributed by atoms with Crippen LogP contribution in [-0.2, 0) is 4.79 Å². The first-order valence-electron chi connectivity index (χ1n) is 10.1. The number of rotatable bonds is 5. The van der Waals surface area contributed by atoms with Crippen molar-refractivity contribution in [2.75, 3.05) is 57.0 Å². The highest BCUT2D eigenvalue weighted by atomic mass is 32.2. The van der Waals surface area contributed by atoms with Gasteiger partial charge in [0.2, 0.25) is 5.91 Å². The van der Waals surface area contributed by atoms with Crippen LogP contribution in [0.1, 0.15) is 26.2 Å². The molecule has 1 amide bonds. The third kappa shape index (κ3) is 4.26. The van der Waals surface area contributed by atoms with E-state index in [4.69, 9.17) is 0 Å². The molecule has 4 rings (SSSR count). The molecule has 2 saturated heterocycles. The molecule has 152 valence electrons. The topological polar surface area (TPSA) is 65.5 Å². The Labute approximate surface area is 174 Å². The van der Waals surface area contributed by atoms with Gasteiger partial charge in [0.25, 0.3) is 0 Å². The first kappa shape index (κ1) is 19.8. The molecule has 2 aromatic heterocycles. The monoisotopic (exact) mass is 420 g/mol. The number of carbonyl (C=O) groups excluding carboxylic acids is 1. The fourth-order valence-corrected chi connectivity index (χ4v) is 5.60. The van der Waals surface area contributed by atoms with Crippen molar-refractivity contribution in [2.45, 2.75) is 30.5 Å². The second-order valence-electron chi connectivity index (χ2n) is 7.48. The normalized spacial score (nSPS) is 19.5. The number of thiazole rings is 1. The van der Waals surface area contributed by atoms with Gasteiger partial charge in [-0.25, -0.2) is 15.0 Å². The quantitative estimate of drug-likeness (QED) is 0.689. The maximum absolute atomic E-state index is 12.7. The van der Waals surface area contributed by atoms with Crippen LogP contribution in [0.5, 0.6) is 0 Å². The zero-order valence-corrected chi connectivity index (χ0v) is 18.3. The van der Waals surface area contributed by atoms with Gasteiger partial charge in [0.15, 0.2) is 15.8 Å². The summed E-state index contributed by atoms with van der Waals surface area (Å²) in [5.74, 6) is 1.82. The van der Waals surface area contributed by atoms with Gasteiger partial charge >= 0.3 is 0 Å². The molecule has 4 heterocycles. The van der Waals surface area contributed by atoms with Gasteiger partial charge in [0.05, 0.1) is 0 Å². The lowest BCUT2D eigenvalue weighted by atomic mass is 9.93. The van der Waals surface area contributed by atoms with E-state index in [0.29, 0.717) is 18.2 Å². The van der Waals surface area contributed by atoms with Crippen LogP contribution in [0.3, 0.4) is 0 Å². The van der Waals surface area contributed by atoms with Crippen LogP contribution in [0.25, 0.3) is 10.3 Å². The minimum atomic E-state index is 0.339. The number of nitrogens with zero attached hydrogens (tertiary/aromatic N) is 6. The van der Waals surface area contributed by atoms with E-state index in [9.17, 15) is 4.79 Å². The molecule has 0 aliphatic carbocycles. The second-order valence-corrected chi connectivity index (χ2v) is 9.54. The number of amides is 1. The van der Waals surface area contributed by atoms with Crippen LogP contribution in [0.2, 0.25) is 0 Å². The Bertz CT molecular complexity index is 812. The van der Waals surface area contributed by atoms with E-state index in [-0.39, 0.29) is 0 Å². The highest BCUT2D eigenvalue weighted by molar-refractivity contribution is 8.00. The predicted molar refractivity (Wildman–Crippen MR) is 115 cm³/mol. The first-order chi connectivity index (χ1) is 13.7. The third-order valence-electron chi connectivity index (χ3n) is 5.88. The number of piperidine rings is 1. The Morgan fingerprint density at radius 1 is 1.18 bits per heavy atom. The molecule has 2 aliphatic rings. The summed E-state index contributed by atoms with van der Waals surface area (Å²) in [7, 11) is 0. The number of fused-ring (bicyclic) bond motifs is 1. The molecule has 0 atom stereocenters.